The number of hydrogen-bond acceptors (Lipinski definition) is 4. The van der Waals surface area contributed by atoms with E-state index in [0.29, 0.717) is 16.6 Å². The Morgan fingerprint density at radius 1 is 1.35 bits per heavy atom. The summed E-state index contributed by atoms with van der Waals surface area (Å²) in [4.78, 5) is 14.4. The lowest BCUT2D eigenvalue weighted by atomic mass is 9.94. The van der Waals surface area contributed by atoms with Crippen LogP contribution in [0.15, 0.2) is 28.8 Å². The van der Waals surface area contributed by atoms with E-state index in [0.717, 1.165) is 50.2 Å². The predicted octanol–water partition coefficient (Wildman–Crippen LogP) is 4.50. The number of amides is 1. The maximum Gasteiger partial charge on any atom is 0.289 e. The summed E-state index contributed by atoms with van der Waals surface area (Å²) in [5.74, 6) is 0.354. The zero-order valence-corrected chi connectivity index (χ0v) is 16.3. The van der Waals surface area contributed by atoms with Gasteiger partial charge in [0.05, 0.1) is 15.7 Å². The van der Waals surface area contributed by atoms with Crippen molar-refractivity contribution in [1.29, 1.82) is 0 Å². The average Bonchev–Trinajstić information content (AvgIpc) is 3.13. The van der Waals surface area contributed by atoms with Gasteiger partial charge in [-0.3, -0.25) is 9.69 Å². The van der Waals surface area contributed by atoms with Crippen LogP contribution in [0.25, 0.3) is 0 Å². The molecule has 0 aliphatic carbocycles. The molecule has 0 radical (unpaired) electrons. The molecule has 140 valence electrons. The number of carbonyl (C=O) groups is 1. The van der Waals surface area contributed by atoms with Crippen LogP contribution in [0.5, 0.6) is 0 Å². The van der Waals surface area contributed by atoms with Crippen LogP contribution in [0.4, 0.5) is 0 Å². The average molecular weight is 396 g/mol. The molecule has 1 saturated heterocycles. The summed E-state index contributed by atoms with van der Waals surface area (Å²) in [7, 11) is 0. The highest BCUT2D eigenvalue weighted by molar-refractivity contribution is 6.42. The second-order valence-corrected chi connectivity index (χ2v) is 7.51. The molecule has 0 spiro atoms. The molecule has 0 unspecified atom stereocenters. The molecule has 1 aliphatic rings. The number of carbonyl (C=O) groups excluding carboxylic acids is 1. The van der Waals surface area contributed by atoms with Crippen LogP contribution in [0, 0.1) is 0 Å². The van der Waals surface area contributed by atoms with Gasteiger partial charge in [-0.1, -0.05) is 41.3 Å². The minimum atomic E-state index is -0.200. The van der Waals surface area contributed by atoms with Crippen LogP contribution in [0.3, 0.4) is 0 Å². The quantitative estimate of drug-likeness (QED) is 0.781. The largest absolute Gasteiger partial charge is 0.351 e. The molecule has 7 heteroatoms. The Hall–Kier alpha value is -1.56. The first-order valence-corrected chi connectivity index (χ1v) is 9.73. The number of hydrogen-bond donors (Lipinski definition) is 1. The molecule has 2 aromatic rings. The van der Waals surface area contributed by atoms with Gasteiger partial charge in [0, 0.05) is 31.6 Å². The standard InChI is InChI=1S/C19H23Cl2N3O2/c1-2-7-22-19(25)18-10-17(23-26-18)14-4-3-8-24(12-14)11-13-5-6-15(20)16(21)9-13/h5-6,9-10,14H,2-4,7-8,11-12H2,1H3,(H,22,25)/t14-/m0/s1. The van der Waals surface area contributed by atoms with Gasteiger partial charge < -0.3 is 9.84 Å². The Kier molecular flexibility index (Phi) is 6.57. The molecule has 2 heterocycles. The number of nitrogens with zero attached hydrogens (tertiary/aromatic N) is 2. The number of nitrogens with one attached hydrogen (secondary N) is 1. The van der Waals surface area contributed by atoms with Crippen molar-refractivity contribution >= 4 is 29.1 Å². The number of halogens is 2. The Morgan fingerprint density at radius 2 is 2.19 bits per heavy atom. The molecule has 1 amide bonds. The van der Waals surface area contributed by atoms with E-state index in [2.05, 4.69) is 15.4 Å². The highest BCUT2D eigenvalue weighted by atomic mass is 35.5. The maximum absolute atomic E-state index is 12.0. The lowest BCUT2D eigenvalue weighted by Gasteiger charge is -2.31. The molecular weight excluding hydrogens is 373 g/mol. The van der Waals surface area contributed by atoms with Crippen molar-refractivity contribution in [3.8, 4) is 0 Å². The molecule has 0 saturated carbocycles. The highest BCUT2D eigenvalue weighted by Crippen LogP contribution is 2.29. The van der Waals surface area contributed by atoms with E-state index in [-0.39, 0.29) is 17.6 Å². The van der Waals surface area contributed by atoms with Gasteiger partial charge in [0.15, 0.2) is 0 Å². The normalized spacial score (nSPS) is 18.0. The van der Waals surface area contributed by atoms with Gasteiger partial charge in [-0.05, 0) is 43.5 Å². The van der Waals surface area contributed by atoms with Crippen LogP contribution >= 0.6 is 23.2 Å². The minimum absolute atomic E-state index is 0.200. The van der Waals surface area contributed by atoms with Crippen LogP contribution in [-0.4, -0.2) is 35.6 Å². The summed E-state index contributed by atoms with van der Waals surface area (Å²) in [6, 6.07) is 7.53. The van der Waals surface area contributed by atoms with E-state index in [9.17, 15) is 4.79 Å². The van der Waals surface area contributed by atoms with Crippen molar-refractivity contribution in [2.24, 2.45) is 0 Å². The molecule has 3 rings (SSSR count). The summed E-state index contributed by atoms with van der Waals surface area (Å²) in [6.07, 6.45) is 3.01. The minimum Gasteiger partial charge on any atom is -0.351 e. The number of aromatic nitrogens is 1. The molecule has 1 fully saturated rings. The van der Waals surface area contributed by atoms with Gasteiger partial charge in [0.1, 0.15) is 0 Å². The number of piperidine rings is 1. The first kappa shape index (κ1) is 19.2. The second kappa shape index (κ2) is 8.89. The van der Waals surface area contributed by atoms with Crippen LogP contribution in [0.1, 0.15) is 53.9 Å². The summed E-state index contributed by atoms with van der Waals surface area (Å²) in [5, 5.41) is 8.10. The number of rotatable bonds is 6. The molecule has 1 N–H and O–H groups in total. The van der Waals surface area contributed by atoms with Gasteiger partial charge in [-0.25, -0.2) is 0 Å². The lowest BCUT2D eigenvalue weighted by molar-refractivity contribution is 0.0916. The highest BCUT2D eigenvalue weighted by Gasteiger charge is 2.25. The van der Waals surface area contributed by atoms with Gasteiger partial charge in [0.2, 0.25) is 5.76 Å². The zero-order valence-electron chi connectivity index (χ0n) is 14.8. The summed E-state index contributed by atoms with van der Waals surface area (Å²) >= 11 is 12.1. The summed E-state index contributed by atoms with van der Waals surface area (Å²) in [5.41, 5.74) is 1.99. The van der Waals surface area contributed by atoms with E-state index in [1.165, 1.54) is 0 Å². The third kappa shape index (κ3) is 4.78. The van der Waals surface area contributed by atoms with E-state index in [1.807, 2.05) is 25.1 Å². The van der Waals surface area contributed by atoms with Gasteiger partial charge in [0.25, 0.3) is 5.91 Å². The van der Waals surface area contributed by atoms with Crippen molar-refractivity contribution in [2.75, 3.05) is 19.6 Å². The Labute approximate surface area is 163 Å². The summed E-state index contributed by atoms with van der Waals surface area (Å²) in [6.45, 7) is 5.36. The van der Waals surface area contributed by atoms with E-state index in [1.54, 1.807) is 6.07 Å². The van der Waals surface area contributed by atoms with Crippen molar-refractivity contribution in [2.45, 2.75) is 38.6 Å². The lowest BCUT2D eigenvalue weighted by Crippen LogP contribution is -2.34. The van der Waals surface area contributed by atoms with Crippen molar-refractivity contribution < 1.29 is 9.32 Å². The molecule has 1 aliphatic heterocycles. The van der Waals surface area contributed by atoms with Crippen LogP contribution in [0.2, 0.25) is 10.0 Å². The van der Waals surface area contributed by atoms with Crippen molar-refractivity contribution in [3.05, 3.63) is 51.3 Å². The molecule has 0 bridgehead atoms. The SMILES string of the molecule is CCCNC(=O)c1cc([C@H]2CCCN(Cc3ccc(Cl)c(Cl)c3)C2)no1. The third-order valence-corrected chi connectivity index (χ3v) is 5.34. The predicted molar refractivity (Wildman–Crippen MR) is 103 cm³/mol. The maximum atomic E-state index is 12.0. The fourth-order valence-corrected chi connectivity index (χ4v) is 3.57. The molecular formula is C19H23Cl2N3O2. The molecule has 1 aromatic carbocycles. The molecule has 26 heavy (non-hydrogen) atoms. The zero-order chi connectivity index (χ0) is 18.5. The fourth-order valence-electron chi connectivity index (χ4n) is 3.25. The first-order valence-electron chi connectivity index (χ1n) is 8.98. The monoisotopic (exact) mass is 395 g/mol. The van der Waals surface area contributed by atoms with Crippen LogP contribution in [-0.2, 0) is 6.54 Å². The Morgan fingerprint density at radius 3 is 2.96 bits per heavy atom. The van der Waals surface area contributed by atoms with Crippen LogP contribution < -0.4 is 5.32 Å². The number of benzene rings is 1. The van der Waals surface area contributed by atoms with E-state index >= 15 is 0 Å². The Bertz CT molecular complexity index is 763. The molecule has 1 aromatic heterocycles. The molecule has 5 nitrogen and oxygen atoms in total. The first-order chi connectivity index (χ1) is 12.6. The second-order valence-electron chi connectivity index (χ2n) is 6.69. The van der Waals surface area contributed by atoms with Gasteiger partial charge >= 0.3 is 0 Å². The van der Waals surface area contributed by atoms with Crippen molar-refractivity contribution in [1.82, 2.24) is 15.4 Å². The fraction of sp³-hybridized carbons (Fsp3) is 0.474. The smallest absolute Gasteiger partial charge is 0.289 e. The number of likely N-dealkylation sites (tertiary alicyclic amines) is 1. The summed E-state index contributed by atoms with van der Waals surface area (Å²) < 4.78 is 5.25. The third-order valence-electron chi connectivity index (χ3n) is 4.60. The van der Waals surface area contributed by atoms with Crippen molar-refractivity contribution in [3.63, 3.8) is 0 Å². The molecule has 1 atom stereocenters. The van der Waals surface area contributed by atoms with Gasteiger partial charge in [-0.15, -0.1) is 0 Å². The van der Waals surface area contributed by atoms with E-state index in [4.69, 9.17) is 27.7 Å². The van der Waals surface area contributed by atoms with E-state index < -0.39 is 0 Å². The topological polar surface area (TPSA) is 58.4 Å². The van der Waals surface area contributed by atoms with Gasteiger partial charge in [-0.2, -0.15) is 0 Å². The Balaban J connectivity index is 1.62.